The number of rotatable bonds is 3. The molecule has 1 aliphatic rings. The Bertz CT molecular complexity index is 605. The zero-order chi connectivity index (χ0) is 14.8. The molecule has 0 spiro atoms. The van der Waals surface area contributed by atoms with Crippen LogP contribution in [0.4, 0.5) is 0 Å². The number of amides is 1. The number of carbonyl (C=O) groups excluding carboxylic acids is 1. The topological polar surface area (TPSA) is 68.8 Å². The van der Waals surface area contributed by atoms with Crippen molar-refractivity contribution in [3.63, 3.8) is 0 Å². The summed E-state index contributed by atoms with van der Waals surface area (Å²) in [6, 6.07) is -0.0510. The van der Waals surface area contributed by atoms with Crippen molar-refractivity contribution in [3.8, 4) is 0 Å². The molecule has 1 aliphatic heterocycles. The molecule has 21 heavy (non-hydrogen) atoms. The second kappa shape index (κ2) is 5.67. The van der Waals surface area contributed by atoms with E-state index in [-0.39, 0.29) is 18.0 Å². The number of hydrogen-bond acceptors (Lipinski definition) is 4. The lowest BCUT2D eigenvalue weighted by Crippen LogP contribution is -2.43. The number of nitrogens with zero attached hydrogens (tertiary/aromatic N) is 6. The average molecular weight is 288 g/mol. The molecular formula is C14H20N6O. The van der Waals surface area contributed by atoms with Crippen LogP contribution in [-0.2, 0) is 4.79 Å². The number of aromatic nitrogens is 5. The Labute approximate surface area is 123 Å². The van der Waals surface area contributed by atoms with Gasteiger partial charge in [0.25, 0.3) is 0 Å². The smallest absolute Gasteiger partial charge is 0.247 e. The molecule has 2 aromatic heterocycles. The van der Waals surface area contributed by atoms with Gasteiger partial charge in [-0.3, -0.25) is 9.48 Å². The summed E-state index contributed by atoms with van der Waals surface area (Å²) in [5.74, 6) is 0.0917. The van der Waals surface area contributed by atoms with Gasteiger partial charge < -0.3 is 4.90 Å². The van der Waals surface area contributed by atoms with Gasteiger partial charge in [0.05, 0.1) is 12.2 Å². The van der Waals surface area contributed by atoms with Crippen LogP contribution in [0.3, 0.4) is 0 Å². The minimum absolute atomic E-state index is 0.0917. The third-order valence-corrected chi connectivity index (χ3v) is 4.00. The number of likely N-dealkylation sites (tertiary alicyclic amines) is 1. The van der Waals surface area contributed by atoms with Gasteiger partial charge in [0.15, 0.2) is 0 Å². The van der Waals surface area contributed by atoms with Gasteiger partial charge in [-0.2, -0.15) is 10.2 Å². The van der Waals surface area contributed by atoms with Gasteiger partial charge in [0, 0.05) is 19.3 Å². The predicted octanol–water partition coefficient (Wildman–Crippen LogP) is 1.21. The van der Waals surface area contributed by atoms with E-state index in [1.165, 1.54) is 6.33 Å². The second-order valence-corrected chi connectivity index (χ2v) is 5.63. The lowest BCUT2D eigenvalue weighted by molar-refractivity contribution is -0.136. The van der Waals surface area contributed by atoms with Gasteiger partial charge in [0.2, 0.25) is 5.91 Å². The van der Waals surface area contributed by atoms with Crippen LogP contribution in [-0.4, -0.2) is 48.4 Å². The zero-order valence-corrected chi connectivity index (χ0v) is 12.4. The van der Waals surface area contributed by atoms with Crippen molar-refractivity contribution in [1.29, 1.82) is 0 Å². The molecule has 3 heterocycles. The van der Waals surface area contributed by atoms with Crippen molar-refractivity contribution < 1.29 is 4.79 Å². The SMILES string of the molecule is Cc1cnn([C@@H]2CCCN(C(=O)[C@H](C)n3cncn3)C2)c1. The highest BCUT2D eigenvalue weighted by atomic mass is 16.2. The minimum Gasteiger partial charge on any atom is -0.339 e. The molecule has 0 aliphatic carbocycles. The number of hydrogen-bond donors (Lipinski definition) is 0. The van der Waals surface area contributed by atoms with Gasteiger partial charge >= 0.3 is 0 Å². The molecule has 0 N–H and O–H groups in total. The second-order valence-electron chi connectivity index (χ2n) is 5.63. The van der Waals surface area contributed by atoms with Gasteiger partial charge in [-0.15, -0.1) is 0 Å². The third kappa shape index (κ3) is 2.81. The first kappa shape index (κ1) is 13.8. The van der Waals surface area contributed by atoms with Crippen LogP contribution in [0.15, 0.2) is 25.0 Å². The highest BCUT2D eigenvalue weighted by molar-refractivity contribution is 5.80. The predicted molar refractivity (Wildman–Crippen MR) is 76.5 cm³/mol. The maximum Gasteiger partial charge on any atom is 0.247 e. The molecule has 112 valence electrons. The summed E-state index contributed by atoms with van der Waals surface area (Å²) in [7, 11) is 0. The molecule has 7 nitrogen and oxygen atoms in total. The molecule has 2 atom stereocenters. The summed E-state index contributed by atoms with van der Waals surface area (Å²) < 4.78 is 3.58. The molecule has 0 bridgehead atoms. The van der Waals surface area contributed by atoms with E-state index >= 15 is 0 Å². The van der Waals surface area contributed by atoms with Crippen LogP contribution in [0.1, 0.15) is 37.4 Å². The minimum atomic E-state index is -0.314. The van der Waals surface area contributed by atoms with Crippen LogP contribution in [0.2, 0.25) is 0 Å². The Morgan fingerprint density at radius 2 is 2.29 bits per heavy atom. The molecule has 1 amide bonds. The van der Waals surface area contributed by atoms with Crippen LogP contribution < -0.4 is 0 Å². The summed E-state index contributed by atoms with van der Waals surface area (Å²) >= 11 is 0. The van der Waals surface area contributed by atoms with Gasteiger partial charge in [-0.25, -0.2) is 9.67 Å². The molecular weight excluding hydrogens is 268 g/mol. The summed E-state index contributed by atoms with van der Waals surface area (Å²) in [5.41, 5.74) is 1.15. The van der Waals surface area contributed by atoms with Crippen molar-refractivity contribution >= 4 is 5.91 Å². The Kier molecular flexibility index (Phi) is 3.72. The van der Waals surface area contributed by atoms with E-state index in [1.54, 1.807) is 11.0 Å². The van der Waals surface area contributed by atoms with Crippen LogP contribution in [0.5, 0.6) is 0 Å². The fourth-order valence-electron chi connectivity index (χ4n) is 2.80. The maximum absolute atomic E-state index is 12.6. The van der Waals surface area contributed by atoms with Crippen molar-refractivity contribution in [2.45, 2.75) is 38.8 Å². The zero-order valence-electron chi connectivity index (χ0n) is 12.4. The molecule has 2 aromatic rings. The molecule has 1 saturated heterocycles. The van der Waals surface area contributed by atoms with E-state index in [1.807, 2.05) is 35.8 Å². The van der Waals surface area contributed by atoms with Crippen molar-refractivity contribution in [1.82, 2.24) is 29.4 Å². The molecule has 1 fully saturated rings. The van der Waals surface area contributed by atoms with E-state index < -0.39 is 0 Å². The molecule has 0 aromatic carbocycles. The first-order valence-electron chi connectivity index (χ1n) is 7.29. The normalized spacial score (nSPS) is 20.5. The van der Waals surface area contributed by atoms with Crippen LogP contribution >= 0.6 is 0 Å². The first-order valence-corrected chi connectivity index (χ1v) is 7.29. The van der Waals surface area contributed by atoms with Crippen molar-refractivity contribution in [3.05, 3.63) is 30.6 Å². The molecule has 0 saturated carbocycles. The van der Waals surface area contributed by atoms with Crippen molar-refractivity contribution in [2.24, 2.45) is 0 Å². The molecule has 3 rings (SSSR count). The van der Waals surface area contributed by atoms with E-state index in [9.17, 15) is 4.79 Å². The standard InChI is InChI=1S/C14H20N6O/c1-11-6-16-19(7-11)13-4-3-5-18(8-13)14(21)12(2)20-10-15-9-17-20/h6-7,9-10,12-13H,3-5,8H2,1-2H3/t12-,13+/m0/s1. The fourth-order valence-corrected chi connectivity index (χ4v) is 2.80. The quantitative estimate of drug-likeness (QED) is 0.851. The van der Waals surface area contributed by atoms with Crippen LogP contribution in [0.25, 0.3) is 0 Å². The van der Waals surface area contributed by atoms with Gasteiger partial charge in [0.1, 0.15) is 18.7 Å². The number of carbonyl (C=O) groups is 1. The van der Waals surface area contributed by atoms with Crippen LogP contribution in [0, 0.1) is 6.92 Å². The highest BCUT2D eigenvalue weighted by Gasteiger charge is 2.28. The number of aryl methyl sites for hydroxylation is 1. The monoisotopic (exact) mass is 288 g/mol. The Morgan fingerprint density at radius 1 is 1.43 bits per heavy atom. The number of piperidine rings is 1. The molecule has 7 heteroatoms. The van der Waals surface area contributed by atoms with E-state index in [0.717, 1.165) is 24.9 Å². The molecule has 0 unspecified atom stereocenters. The highest BCUT2D eigenvalue weighted by Crippen LogP contribution is 2.23. The van der Waals surface area contributed by atoms with Crippen molar-refractivity contribution in [2.75, 3.05) is 13.1 Å². The average Bonchev–Trinajstić information content (AvgIpc) is 3.17. The third-order valence-electron chi connectivity index (χ3n) is 4.00. The fraction of sp³-hybridized carbons (Fsp3) is 0.571. The van der Waals surface area contributed by atoms with E-state index in [0.29, 0.717) is 6.54 Å². The Balaban J connectivity index is 1.69. The summed E-state index contributed by atoms with van der Waals surface area (Å²) in [5, 5.41) is 8.43. The largest absolute Gasteiger partial charge is 0.339 e. The van der Waals surface area contributed by atoms with E-state index in [2.05, 4.69) is 15.2 Å². The lowest BCUT2D eigenvalue weighted by Gasteiger charge is -2.34. The summed E-state index contributed by atoms with van der Waals surface area (Å²) in [6.07, 6.45) is 9.00. The Morgan fingerprint density at radius 3 is 2.95 bits per heavy atom. The summed E-state index contributed by atoms with van der Waals surface area (Å²) in [4.78, 5) is 18.4. The maximum atomic E-state index is 12.6. The van der Waals surface area contributed by atoms with Gasteiger partial charge in [-0.05, 0) is 32.3 Å². The Hall–Kier alpha value is -2.18. The summed E-state index contributed by atoms with van der Waals surface area (Å²) in [6.45, 7) is 5.40. The molecule has 0 radical (unpaired) electrons. The lowest BCUT2D eigenvalue weighted by atomic mass is 10.1. The van der Waals surface area contributed by atoms with E-state index in [4.69, 9.17) is 0 Å². The van der Waals surface area contributed by atoms with Gasteiger partial charge in [-0.1, -0.05) is 0 Å². The first-order chi connectivity index (χ1) is 10.1.